The number of sulfone groups is 1. The van der Waals surface area contributed by atoms with Crippen molar-refractivity contribution in [2.24, 2.45) is 0 Å². The first kappa shape index (κ1) is 20.2. The quantitative estimate of drug-likeness (QED) is 0.589. The number of nitrogens with zero attached hydrogens (tertiary/aromatic N) is 3. The minimum Gasteiger partial charge on any atom is -0.454 e. The molecule has 2 aromatic carbocycles. The van der Waals surface area contributed by atoms with Crippen molar-refractivity contribution in [3.63, 3.8) is 0 Å². The zero-order valence-electron chi connectivity index (χ0n) is 15.7. The summed E-state index contributed by atoms with van der Waals surface area (Å²) in [5.41, 5.74) is 0.664. The number of carbonyl (C=O) groups excluding carboxylic acids is 1. The van der Waals surface area contributed by atoms with Gasteiger partial charge in [0.2, 0.25) is 0 Å². The molecule has 0 aliphatic carbocycles. The molecule has 1 heterocycles. The Morgan fingerprint density at radius 2 is 1.97 bits per heavy atom. The first-order valence-electron chi connectivity index (χ1n) is 8.55. The van der Waals surface area contributed by atoms with Gasteiger partial charge in [-0.1, -0.05) is 18.2 Å². The summed E-state index contributed by atoms with van der Waals surface area (Å²) in [5.74, 6) is -0.626. The molecule has 0 atom stereocenters. The molecule has 0 N–H and O–H groups in total. The highest BCUT2D eigenvalue weighted by atomic mass is 32.2. The van der Waals surface area contributed by atoms with E-state index in [9.17, 15) is 18.0 Å². The highest BCUT2D eigenvalue weighted by molar-refractivity contribution is 7.90. The molecule has 0 aliphatic heterocycles. The number of esters is 1. The molecule has 0 saturated carbocycles. The molecule has 8 nitrogen and oxygen atoms in total. The van der Waals surface area contributed by atoms with Crippen LogP contribution in [0.2, 0.25) is 0 Å². The molecular formula is C20H17N3O5S. The minimum atomic E-state index is -3.49. The van der Waals surface area contributed by atoms with Gasteiger partial charge >= 0.3 is 5.97 Å². The number of nitriles is 1. The van der Waals surface area contributed by atoms with Crippen LogP contribution in [0.4, 0.5) is 0 Å². The topological polar surface area (TPSA) is 119 Å². The molecule has 0 spiro atoms. The molecule has 0 unspecified atom stereocenters. The minimum absolute atomic E-state index is 0.000249. The van der Waals surface area contributed by atoms with E-state index in [0.29, 0.717) is 16.5 Å². The van der Waals surface area contributed by atoms with Crippen LogP contribution in [0.15, 0.2) is 52.2 Å². The van der Waals surface area contributed by atoms with Crippen LogP contribution in [0, 0.1) is 18.3 Å². The van der Waals surface area contributed by atoms with Gasteiger partial charge in [-0.05, 0) is 36.8 Å². The smallest absolute Gasteiger partial charge is 0.338 e. The van der Waals surface area contributed by atoms with E-state index < -0.39 is 21.4 Å². The third kappa shape index (κ3) is 4.17. The van der Waals surface area contributed by atoms with E-state index in [1.807, 2.05) is 6.07 Å². The summed E-state index contributed by atoms with van der Waals surface area (Å²) in [7, 11) is -3.49. The Kier molecular flexibility index (Phi) is 5.48. The molecule has 0 bridgehead atoms. The second-order valence-corrected chi connectivity index (χ2v) is 8.44. The number of hydrogen-bond donors (Lipinski definition) is 0. The van der Waals surface area contributed by atoms with E-state index in [1.54, 1.807) is 31.2 Å². The Hall–Kier alpha value is -3.51. The zero-order valence-corrected chi connectivity index (χ0v) is 16.6. The molecule has 0 saturated heterocycles. The van der Waals surface area contributed by atoms with Crippen LogP contribution in [0.1, 0.15) is 21.7 Å². The van der Waals surface area contributed by atoms with Crippen molar-refractivity contribution < 1.29 is 17.9 Å². The lowest BCUT2D eigenvalue weighted by Gasteiger charge is -2.12. The van der Waals surface area contributed by atoms with Crippen molar-refractivity contribution >= 4 is 26.7 Å². The molecule has 9 heteroatoms. The van der Waals surface area contributed by atoms with Crippen LogP contribution in [-0.4, -0.2) is 30.2 Å². The second kappa shape index (κ2) is 7.85. The Bertz CT molecular complexity index is 1320. The highest BCUT2D eigenvalue weighted by Crippen LogP contribution is 2.17. The summed E-state index contributed by atoms with van der Waals surface area (Å²) in [4.78, 5) is 29.5. The molecule has 3 aromatic rings. The lowest BCUT2D eigenvalue weighted by atomic mass is 10.1. The lowest BCUT2D eigenvalue weighted by molar-refractivity contribution is 0.0456. The van der Waals surface area contributed by atoms with Gasteiger partial charge in [0.1, 0.15) is 13.2 Å². The van der Waals surface area contributed by atoms with E-state index in [2.05, 4.69) is 4.98 Å². The van der Waals surface area contributed by atoms with Crippen molar-refractivity contribution in [1.29, 1.82) is 5.26 Å². The summed E-state index contributed by atoms with van der Waals surface area (Å²) < 4.78 is 29.9. The Labute approximate surface area is 166 Å². The van der Waals surface area contributed by atoms with Gasteiger partial charge in [0.25, 0.3) is 5.56 Å². The van der Waals surface area contributed by atoms with Gasteiger partial charge in [-0.2, -0.15) is 5.26 Å². The molecule has 3 rings (SSSR count). The Balaban J connectivity index is 1.95. The maximum atomic E-state index is 12.6. The van der Waals surface area contributed by atoms with Crippen LogP contribution in [-0.2, 0) is 27.7 Å². The number of fused-ring (bicyclic) bond motifs is 1. The summed E-state index contributed by atoms with van der Waals surface area (Å²) in [6.07, 6.45) is 1.05. The number of ether oxygens (including phenoxy) is 1. The predicted molar refractivity (Wildman–Crippen MR) is 105 cm³/mol. The summed E-state index contributed by atoms with van der Waals surface area (Å²) in [5, 5.41) is 9.39. The van der Waals surface area contributed by atoms with Crippen molar-refractivity contribution in [1.82, 2.24) is 9.55 Å². The van der Waals surface area contributed by atoms with Gasteiger partial charge in [-0.25, -0.2) is 18.2 Å². The van der Waals surface area contributed by atoms with Crippen LogP contribution < -0.4 is 5.56 Å². The van der Waals surface area contributed by atoms with E-state index in [1.165, 1.54) is 18.2 Å². The monoisotopic (exact) mass is 411 g/mol. The van der Waals surface area contributed by atoms with E-state index in [0.717, 1.165) is 10.8 Å². The first-order valence-corrected chi connectivity index (χ1v) is 10.4. The van der Waals surface area contributed by atoms with Crippen LogP contribution in [0.25, 0.3) is 10.9 Å². The maximum Gasteiger partial charge on any atom is 0.338 e. The average molecular weight is 411 g/mol. The number of rotatable bonds is 5. The number of aromatic nitrogens is 2. The third-order valence-corrected chi connectivity index (χ3v) is 5.47. The largest absolute Gasteiger partial charge is 0.454 e. The summed E-state index contributed by atoms with van der Waals surface area (Å²) >= 11 is 0. The predicted octanol–water partition coefficient (Wildman–Crippen LogP) is 1.99. The summed E-state index contributed by atoms with van der Waals surface area (Å²) in [6, 6.07) is 12.8. The van der Waals surface area contributed by atoms with Crippen molar-refractivity contribution in [3.8, 4) is 6.07 Å². The van der Waals surface area contributed by atoms with Crippen molar-refractivity contribution in [3.05, 3.63) is 69.8 Å². The molecule has 0 amide bonds. The molecule has 0 fully saturated rings. The number of benzene rings is 2. The van der Waals surface area contributed by atoms with Gasteiger partial charge in [-0.15, -0.1) is 0 Å². The SMILES string of the molecule is Cc1ccc(S(C)(=O)=O)cc1C(=O)OCc1nc2ccccc2c(=O)n1CC#N. The normalized spacial score (nSPS) is 11.2. The summed E-state index contributed by atoms with van der Waals surface area (Å²) in [6.45, 7) is 1.07. The maximum absolute atomic E-state index is 12.6. The molecule has 0 radical (unpaired) electrons. The van der Waals surface area contributed by atoms with Gasteiger partial charge in [0, 0.05) is 6.26 Å². The second-order valence-electron chi connectivity index (χ2n) is 6.42. The molecule has 1 aromatic heterocycles. The van der Waals surface area contributed by atoms with Crippen molar-refractivity contribution in [2.45, 2.75) is 25.0 Å². The average Bonchev–Trinajstić information content (AvgIpc) is 2.68. The van der Waals surface area contributed by atoms with Gasteiger partial charge in [-0.3, -0.25) is 9.36 Å². The molecule has 29 heavy (non-hydrogen) atoms. The number of carbonyl (C=O) groups is 1. The number of hydrogen-bond acceptors (Lipinski definition) is 7. The van der Waals surface area contributed by atoms with Gasteiger partial charge < -0.3 is 4.74 Å². The van der Waals surface area contributed by atoms with E-state index in [4.69, 9.17) is 10.00 Å². The number of para-hydroxylation sites is 1. The molecular weight excluding hydrogens is 394 g/mol. The van der Waals surface area contributed by atoms with Crippen LogP contribution in [0.3, 0.4) is 0 Å². The Morgan fingerprint density at radius 1 is 1.24 bits per heavy atom. The van der Waals surface area contributed by atoms with E-state index >= 15 is 0 Å². The fourth-order valence-electron chi connectivity index (χ4n) is 2.82. The van der Waals surface area contributed by atoms with Crippen LogP contribution in [0.5, 0.6) is 0 Å². The third-order valence-electron chi connectivity index (χ3n) is 4.36. The highest BCUT2D eigenvalue weighted by Gasteiger charge is 2.17. The van der Waals surface area contributed by atoms with E-state index in [-0.39, 0.29) is 29.4 Å². The van der Waals surface area contributed by atoms with Gasteiger partial charge in [0.15, 0.2) is 15.7 Å². The van der Waals surface area contributed by atoms with Gasteiger partial charge in [0.05, 0.1) is 27.4 Å². The van der Waals surface area contributed by atoms with Crippen molar-refractivity contribution in [2.75, 3.05) is 6.26 Å². The lowest BCUT2D eigenvalue weighted by Crippen LogP contribution is -2.26. The zero-order chi connectivity index (χ0) is 21.2. The standard InChI is InChI=1S/C20H17N3O5S/c1-13-7-8-14(29(2,26)27)11-16(13)20(25)28-12-18-22-17-6-4-3-5-15(17)19(24)23(18)10-9-21/h3-8,11H,10,12H2,1-2H3. The van der Waals surface area contributed by atoms with Crippen LogP contribution >= 0.6 is 0 Å². The fourth-order valence-corrected chi connectivity index (χ4v) is 3.46. The molecule has 0 aliphatic rings. The first-order chi connectivity index (χ1) is 13.7. The fraction of sp³-hybridized carbons (Fsp3) is 0.200. The Morgan fingerprint density at radius 3 is 2.66 bits per heavy atom. The molecule has 148 valence electrons. The number of aryl methyl sites for hydroxylation is 1.